The largest absolute Gasteiger partial charge is 0.390 e. The first-order valence-electron chi connectivity index (χ1n) is 12.1. The van der Waals surface area contributed by atoms with Crippen molar-refractivity contribution >= 4 is 5.91 Å². The summed E-state index contributed by atoms with van der Waals surface area (Å²) in [6.45, 7) is 2.35. The van der Waals surface area contributed by atoms with E-state index in [9.17, 15) is 18.7 Å². The molecule has 0 radical (unpaired) electrons. The molecule has 3 atom stereocenters. The number of aliphatic hydroxyl groups is 1. The van der Waals surface area contributed by atoms with Crippen LogP contribution in [-0.4, -0.2) is 34.7 Å². The number of nitrogens with zero attached hydrogens (tertiary/aromatic N) is 1. The molecule has 2 aromatic carbocycles. The van der Waals surface area contributed by atoms with Crippen molar-refractivity contribution in [1.29, 1.82) is 0 Å². The molecule has 5 nitrogen and oxygen atoms in total. The van der Waals surface area contributed by atoms with Gasteiger partial charge in [0.25, 0.3) is 5.91 Å². The number of pyridine rings is 1. The van der Waals surface area contributed by atoms with E-state index in [-0.39, 0.29) is 24.9 Å². The van der Waals surface area contributed by atoms with E-state index in [1.807, 2.05) is 0 Å². The number of aryl methyl sites for hydroxylation is 2. The first kappa shape index (κ1) is 24.9. The van der Waals surface area contributed by atoms with Gasteiger partial charge in [0.15, 0.2) is 0 Å². The third kappa shape index (κ3) is 6.50. The van der Waals surface area contributed by atoms with Crippen LogP contribution in [0.15, 0.2) is 60.9 Å². The van der Waals surface area contributed by atoms with E-state index in [2.05, 4.69) is 40.7 Å². The van der Waals surface area contributed by atoms with Crippen LogP contribution in [0.3, 0.4) is 0 Å². The number of hydrogen-bond acceptors (Lipinski definition) is 4. The third-order valence-electron chi connectivity index (χ3n) is 6.61. The summed E-state index contributed by atoms with van der Waals surface area (Å²) in [4.78, 5) is 16.7. The number of carbonyl (C=O) groups is 1. The summed E-state index contributed by atoms with van der Waals surface area (Å²) in [5, 5.41) is 17.4. The summed E-state index contributed by atoms with van der Waals surface area (Å²) in [5.41, 5.74) is 4.60. The lowest BCUT2D eigenvalue weighted by Gasteiger charge is -2.30. The number of fused-ring (bicyclic) bond motifs is 1. The molecule has 0 bridgehead atoms. The molecule has 3 N–H and O–H groups in total. The van der Waals surface area contributed by atoms with Crippen LogP contribution in [0.2, 0.25) is 0 Å². The first-order valence-corrected chi connectivity index (χ1v) is 12.1. The minimum atomic E-state index is -0.980. The monoisotopic (exact) mass is 479 g/mol. The van der Waals surface area contributed by atoms with Crippen LogP contribution in [0.1, 0.15) is 58.4 Å². The molecular formula is C28H31F2N3O2. The molecule has 0 fully saturated rings. The maximum absolute atomic E-state index is 13.8. The molecule has 1 heterocycles. The zero-order chi connectivity index (χ0) is 24.8. The fraction of sp³-hybridized carbons (Fsp3) is 0.357. The topological polar surface area (TPSA) is 74.2 Å². The molecule has 7 heteroatoms. The summed E-state index contributed by atoms with van der Waals surface area (Å²) < 4.78 is 27.6. The Hall–Kier alpha value is -3.16. The van der Waals surface area contributed by atoms with Gasteiger partial charge in [0, 0.05) is 36.6 Å². The molecule has 1 aromatic heterocycles. The van der Waals surface area contributed by atoms with E-state index in [1.54, 1.807) is 12.1 Å². The SMILES string of the molecule is CCc1ccc2c(c1)[C@@H](NC[C@H](O)[C@H](Cc1cc(F)cc(F)c1)NC(=O)c1ccncc1)CCC2. The Morgan fingerprint density at radius 1 is 1.09 bits per heavy atom. The van der Waals surface area contributed by atoms with Gasteiger partial charge >= 0.3 is 0 Å². The van der Waals surface area contributed by atoms with Crippen LogP contribution in [0.4, 0.5) is 8.78 Å². The summed E-state index contributed by atoms with van der Waals surface area (Å²) in [6.07, 6.45) is 6.12. The number of rotatable bonds is 9. The van der Waals surface area contributed by atoms with Crippen molar-refractivity contribution in [2.24, 2.45) is 0 Å². The first-order chi connectivity index (χ1) is 16.9. The highest BCUT2D eigenvalue weighted by atomic mass is 19.1. The minimum absolute atomic E-state index is 0.0790. The molecule has 4 rings (SSSR count). The van der Waals surface area contributed by atoms with Crippen LogP contribution < -0.4 is 10.6 Å². The van der Waals surface area contributed by atoms with Crippen molar-refractivity contribution < 1.29 is 18.7 Å². The van der Waals surface area contributed by atoms with Gasteiger partial charge in [-0.05, 0) is 78.6 Å². The molecule has 35 heavy (non-hydrogen) atoms. The summed E-state index contributed by atoms with van der Waals surface area (Å²) in [6, 6.07) is 12.3. The molecule has 1 aliphatic carbocycles. The van der Waals surface area contributed by atoms with Crippen molar-refractivity contribution in [3.8, 4) is 0 Å². The molecule has 0 saturated heterocycles. The Morgan fingerprint density at radius 2 is 1.83 bits per heavy atom. The predicted octanol–water partition coefficient (Wildman–Crippen LogP) is 4.29. The van der Waals surface area contributed by atoms with E-state index in [1.165, 1.54) is 41.2 Å². The zero-order valence-corrected chi connectivity index (χ0v) is 19.8. The second kappa shape index (κ2) is 11.5. The molecule has 0 spiro atoms. The number of benzene rings is 2. The van der Waals surface area contributed by atoms with Gasteiger partial charge < -0.3 is 15.7 Å². The summed E-state index contributed by atoms with van der Waals surface area (Å²) in [5.74, 6) is -1.78. The maximum atomic E-state index is 13.8. The van der Waals surface area contributed by atoms with Crippen molar-refractivity contribution in [3.05, 3.63) is 100 Å². The smallest absolute Gasteiger partial charge is 0.251 e. The quantitative estimate of drug-likeness (QED) is 0.428. The molecular weight excluding hydrogens is 448 g/mol. The average molecular weight is 480 g/mol. The van der Waals surface area contributed by atoms with E-state index in [0.29, 0.717) is 11.1 Å². The predicted molar refractivity (Wildman–Crippen MR) is 131 cm³/mol. The zero-order valence-electron chi connectivity index (χ0n) is 19.8. The lowest BCUT2D eigenvalue weighted by atomic mass is 9.86. The highest BCUT2D eigenvalue weighted by Crippen LogP contribution is 2.30. The van der Waals surface area contributed by atoms with Gasteiger partial charge in [-0.15, -0.1) is 0 Å². The highest BCUT2D eigenvalue weighted by molar-refractivity contribution is 5.94. The van der Waals surface area contributed by atoms with Crippen LogP contribution >= 0.6 is 0 Å². The number of carbonyl (C=O) groups excluding carboxylic acids is 1. The van der Waals surface area contributed by atoms with Crippen LogP contribution in [-0.2, 0) is 19.3 Å². The Morgan fingerprint density at radius 3 is 2.54 bits per heavy atom. The molecule has 1 aliphatic rings. The summed E-state index contributed by atoms with van der Waals surface area (Å²) in [7, 11) is 0. The number of aliphatic hydroxyl groups excluding tert-OH is 1. The van der Waals surface area contributed by atoms with Crippen LogP contribution in [0.25, 0.3) is 0 Å². The van der Waals surface area contributed by atoms with Crippen LogP contribution in [0, 0.1) is 11.6 Å². The van der Waals surface area contributed by atoms with Gasteiger partial charge in [-0.3, -0.25) is 9.78 Å². The van der Waals surface area contributed by atoms with Gasteiger partial charge in [-0.25, -0.2) is 8.78 Å². The van der Waals surface area contributed by atoms with E-state index >= 15 is 0 Å². The van der Waals surface area contributed by atoms with Gasteiger partial charge in [0.1, 0.15) is 11.6 Å². The second-order valence-corrected chi connectivity index (χ2v) is 9.10. The molecule has 0 aliphatic heterocycles. The molecule has 1 amide bonds. The number of halogens is 2. The van der Waals surface area contributed by atoms with Crippen molar-refractivity contribution in [2.75, 3.05) is 6.54 Å². The van der Waals surface area contributed by atoms with E-state index in [4.69, 9.17) is 0 Å². The fourth-order valence-corrected chi connectivity index (χ4v) is 4.71. The Kier molecular flexibility index (Phi) is 8.21. The van der Waals surface area contributed by atoms with Crippen molar-refractivity contribution in [2.45, 2.75) is 57.2 Å². The van der Waals surface area contributed by atoms with Crippen LogP contribution in [0.5, 0.6) is 0 Å². The normalized spacial score (nSPS) is 16.9. The number of aromatic nitrogens is 1. The highest BCUT2D eigenvalue weighted by Gasteiger charge is 2.26. The van der Waals surface area contributed by atoms with Gasteiger partial charge in [-0.1, -0.05) is 25.1 Å². The van der Waals surface area contributed by atoms with Gasteiger partial charge in [0.2, 0.25) is 0 Å². The lowest BCUT2D eigenvalue weighted by Crippen LogP contribution is -2.49. The van der Waals surface area contributed by atoms with Crippen molar-refractivity contribution in [3.63, 3.8) is 0 Å². The van der Waals surface area contributed by atoms with Gasteiger partial charge in [0.05, 0.1) is 12.1 Å². The molecule has 0 unspecified atom stereocenters. The number of hydrogen-bond donors (Lipinski definition) is 3. The van der Waals surface area contributed by atoms with Crippen molar-refractivity contribution in [1.82, 2.24) is 15.6 Å². The Bertz CT molecular complexity index is 1140. The second-order valence-electron chi connectivity index (χ2n) is 9.10. The average Bonchev–Trinajstić information content (AvgIpc) is 2.86. The lowest BCUT2D eigenvalue weighted by molar-refractivity contribution is 0.0822. The number of amides is 1. The molecule has 184 valence electrons. The standard InChI is InChI=1S/C28H31F2N3O2/c1-2-18-6-7-20-4-3-5-25(24(20)14-18)32-17-27(34)26(15-19-12-22(29)16-23(30)13-19)33-28(35)21-8-10-31-11-9-21/h6-14,16,25-27,32,34H,2-5,15,17H2,1H3,(H,33,35)/t25-,26-,27-/m0/s1. The maximum Gasteiger partial charge on any atom is 0.251 e. The summed E-state index contributed by atoms with van der Waals surface area (Å²) >= 11 is 0. The van der Waals surface area contributed by atoms with E-state index in [0.717, 1.165) is 31.7 Å². The Balaban J connectivity index is 1.50. The Labute approximate surface area is 204 Å². The van der Waals surface area contributed by atoms with Gasteiger partial charge in [-0.2, -0.15) is 0 Å². The fourth-order valence-electron chi connectivity index (χ4n) is 4.71. The van der Waals surface area contributed by atoms with E-state index < -0.39 is 23.8 Å². The number of nitrogens with one attached hydrogen (secondary N) is 2. The molecule has 3 aromatic rings. The third-order valence-corrected chi connectivity index (χ3v) is 6.61. The minimum Gasteiger partial charge on any atom is -0.390 e. The molecule has 0 saturated carbocycles.